The smallest absolute Gasteiger partial charge is 0.0537 e. The Hall–Kier alpha value is -1.33. The highest BCUT2D eigenvalue weighted by molar-refractivity contribution is 5.85. The van der Waals surface area contributed by atoms with E-state index < -0.39 is 0 Å². The fourth-order valence-corrected chi connectivity index (χ4v) is 1.81. The summed E-state index contributed by atoms with van der Waals surface area (Å²) in [6.45, 7) is 8.01. The van der Waals surface area contributed by atoms with Gasteiger partial charge in [0.05, 0.1) is 12.4 Å². The van der Waals surface area contributed by atoms with Crippen LogP contribution in [-0.4, -0.2) is 19.6 Å². The first-order chi connectivity index (χ1) is 8.58. The highest BCUT2D eigenvalue weighted by atomic mass is 35.5. The molecule has 2 rings (SSSR count). The van der Waals surface area contributed by atoms with E-state index in [-0.39, 0.29) is 12.4 Å². The second kappa shape index (κ2) is 6.73. The van der Waals surface area contributed by atoms with E-state index in [0.717, 1.165) is 13.1 Å². The third-order valence-corrected chi connectivity index (χ3v) is 3.17. The van der Waals surface area contributed by atoms with Gasteiger partial charge in [0.1, 0.15) is 0 Å². The molecule has 6 heteroatoms. The summed E-state index contributed by atoms with van der Waals surface area (Å²) in [7, 11) is 1.96. The largest absolute Gasteiger partial charge is 0.308 e. The lowest BCUT2D eigenvalue weighted by atomic mass is 10.2. The van der Waals surface area contributed by atoms with E-state index >= 15 is 0 Å². The summed E-state index contributed by atoms with van der Waals surface area (Å²) in [4.78, 5) is 0. The molecule has 0 saturated carbocycles. The Balaban J connectivity index is 0.00000180. The van der Waals surface area contributed by atoms with Gasteiger partial charge in [-0.25, -0.2) is 0 Å². The van der Waals surface area contributed by atoms with Gasteiger partial charge < -0.3 is 5.32 Å². The summed E-state index contributed by atoms with van der Waals surface area (Å²) < 4.78 is 3.88. The van der Waals surface area contributed by atoms with Crippen LogP contribution in [0.15, 0.2) is 18.6 Å². The van der Waals surface area contributed by atoms with Crippen molar-refractivity contribution in [2.75, 3.05) is 0 Å². The molecule has 0 aliphatic carbocycles. The van der Waals surface area contributed by atoms with Crippen LogP contribution in [0.3, 0.4) is 0 Å². The van der Waals surface area contributed by atoms with Crippen molar-refractivity contribution in [3.05, 3.63) is 35.4 Å². The van der Waals surface area contributed by atoms with Crippen molar-refractivity contribution in [1.82, 2.24) is 24.9 Å². The van der Waals surface area contributed by atoms with Gasteiger partial charge in [0, 0.05) is 49.2 Å². The lowest BCUT2D eigenvalue weighted by molar-refractivity contribution is 0.531. The van der Waals surface area contributed by atoms with Crippen LogP contribution >= 0.6 is 12.4 Å². The molecule has 0 spiro atoms. The Morgan fingerprint density at radius 1 is 1.21 bits per heavy atom. The third kappa shape index (κ3) is 3.81. The predicted molar refractivity (Wildman–Crippen MR) is 78.3 cm³/mol. The molecule has 0 bridgehead atoms. The van der Waals surface area contributed by atoms with E-state index in [1.807, 2.05) is 28.8 Å². The molecule has 0 aliphatic heterocycles. The number of hydrogen-bond acceptors (Lipinski definition) is 3. The van der Waals surface area contributed by atoms with Crippen LogP contribution in [0.4, 0.5) is 0 Å². The molecule has 5 nitrogen and oxygen atoms in total. The average Bonchev–Trinajstić information content (AvgIpc) is 2.91. The van der Waals surface area contributed by atoms with Crippen molar-refractivity contribution in [3.8, 4) is 0 Å². The van der Waals surface area contributed by atoms with Gasteiger partial charge in [-0.1, -0.05) is 0 Å². The van der Waals surface area contributed by atoms with Crippen molar-refractivity contribution in [1.29, 1.82) is 0 Å². The molecule has 0 radical (unpaired) electrons. The van der Waals surface area contributed by atoms with Gasteiger partial charge in [0.15, 0.2) is 0 Å². The predicted octanol–water partition coefficient (Wildman–Crippen LogP) is 2.22. The van der Waals surface area contributed by atoms with Crippen molar-refractivity contribution < 1.29 is 0 Å². The first-order valence-corrected chi connectivity index (χ1v) is 6.29. The van der Waals surface area contributed by atoms with Gasteiger partial charge in [0.25, 0.3) is 0 Å². The summed E-state index contributed by atoms with van der Waals surface area (Å²) in [5.74, 6) is 0. The van der Waals surface area contributed by atoms with Gasteiger partial charge in [0.2, 0.25) is 0 Å². The van der Waals surface area contributed by atoms with Gasteiger partial charge in [-0.2, -0.15) is 10.2 Å². The second-order valence-electron chi connectivity index (χ2n) is 4.90. The van der Waals surface area contributed by atoms with E-state index in [9.17, 15) is 0 Å². The van der Waals surface area contributed by atoms with Crippen LogP contribution < -0.4 is 5.32 Å². The summed E-state index contributed by atoms with van der Waals surface area (Å²) in [5, 5.41) is 12.0. The third-order valence-electron chi connectivity index (χ3n) is 3.17. The molecular weight excluding hydrogens is 262 g/mol. The Kier molecular flexibility index (Phi) is 5.57. The quantitative estimate of drug-likeness (QED) is 0.915. The topological polar surface area (TPSA) is 47.7 Å². The molecule has 0 unspecified atom stereocenters. The highest BCUT2D eigenvalue weighted by Gasteiger charge is 2.04. The zero-order valence-corrected chi connectivity index (χ0v) is 12.7. The van der Waals surface area contributed by atoms with E-state index in [1.165, 1.54) is 16.8 Å². The SMILES string of the molecule is Cc1c(CNCc2cnn(C(C)C)c2)cnn1C.Cl. The maximum absolute atomic E-state index is 4.32. The number of hydrogen-bond donors (Lipinski definition) is 1. The summed E-state index contributed by atoms with van der Waals surface area (Å²) in [6, 6.07) is 0.416. The minimum absolute atomic E-state index is 0. The first-order valence-electron chi connectivity index (χ1n) is 6.29. The summed E-state index contributed by atoms with van der Waals surface area (Å²) in [6.07, 6.45) is 5.93. The van der Waals surface area contributed by atoms with Crippen molar-refractivity contribution >= 4 is 12.4 Å². The van der Waals surface area contributed by atoms with Crippen molar-refractivity contribution in [3.63, 3.8) is 0 Å². The average molecular weight is 284 g/mol. The Bertz CT molecular complexity index is 515. The monoisotopic (exact) mass is 283 g/mol. The molecule has 0 amide bonds. The summed E-state index contributed by atoms with van der Waals surface area (Å²) in [5.41, 5.74) is 3.67. The number of nitrogens with zero attached hydrogens (tertiary/aromatic N) is 4. The number of halogens is 1. The minimum Gasteiger partial charge on any atom is -0.308 e. The zero-order chi connectivity index (χ0) is 13.1. The molecule has 0 saturated heterocycles. The van der Waals surface area contributed by atoms with Crippen molar-refractivity contribution in [2.24, 2.45) is 7.05 Å². The van der Waals surface area contributed by atoms with E-state index in [2.05, 4.69) is 42.5 Å². The highest BCUT2D eigenvalue weighted by Crippen LogP contribution is 2.07. The lowest BCUT2D eigenvalue weighted by Gasteiger charge is -2.04. The van der Waals surface area contributed by atoms with Crippen LogP contribution in [0.2, 0.25) is 0 Å². The van der Waals surface area contributed by atoms with Gasteiger partial charge >= 0.3 is 0 Å². The fraction of sp³-hybridized carbons (Fsp3) is 0.538. The molecule has 2 aromatic rings. The van der Waals surface area contributed by atoms with Crippen LogP contribution in [0.25, 0.3) is 0 Å². The normalized spacial score (nSPS) is 10.8. The molecule has 2 heterocycles. The van der Waals surface area contributed by atoms with Gasteiger partial charge in [-0.15, -0.1) is 12.4 Å². The lowest BCUT2D eigenvalue weighted by Crippen LogP contribution is -2.13. The molecule has 0 atom stereocenters. The molecular formula is C13H22ClN5. The van der Waals surface area contributed by atoms with Gasteiger partial charge in [-0.05, 0) is 20.8 Å². The van der Waals surface area contributed by atoms with E-state index in [4.69, 9.17) is 0 Å². The first kappa shape index (κ1) is 15.7. The minimum atomic E-state index is 0. The van der Waals surface area contributed by atoms with E-state index in [0.29, 0.717) is 6.04 Å². The van der Waals surface area contributed by atoms with Crippen LogP contribution in [0.5, 0.6) is 0 Å². The molecule has 19 heavy (non-hydrogen) atoms. The van der Waals surface area contributed by atoms with Crippen LogP contribution in [-0.2, 0) is 20.1 Å². The molecule has 0 fully saturated rings. The van der Waals surface area contributed by atoms with Crippen LogP contribution in [0, 0.1) is 6.92 Å². The van der Waals surface area contributed by atoms with Crippen LogP contribution in [0.1, 0.15) is 36.7 Å². The summed E-state index contributed by atoms with van der Waals surface area (Å²) >= 11 is 0. The maximum atomic E-state index is 4.32. The Morgan fingerprint density at radius 3 is 2.47 bits per heavy atom. The molecule has 0 aliphatic rings. The maximum Gasteiger partial charge on any atom is 0.0537 e. The standard InChI is InChI=1S/C13H21N5.ClH/c1-10(2)18-9-12(6-16-18)5-14-7-13-8-15-17(4)11(13)3;/h6,8-10,14H,5,7H2,1-4H3;1H. The Morgan fingerprint density at radius 2 is 1.95 bits per heavy atom. The zero-order valence-electron chi connectivity index (χ0n) is 11.9. The van der Waals surface area contributed by atoms with E-state index in [1.54, 1.807) is 0 Å². The second-order valence-corrected chi connectivity index (χ2v) is 4.90. The number of nitrogens with one attached hydrogen (secondary N) is 1. The number of aromatic nitrogens is 4. The van der Waals surface area contributed by atoms with Gasteiger partial charge in [-0.3, -0.25) is 9.36 Å². The number of aryl methyl sites for hydroxylation is 1. The molecule has 106 valence electrons. The Labute approximate surface area is 120 Å². The number of rotatable bonds is 5. The molecule has 0 aromatic carbocycles. The molecule has 1 N–H and O–H groups in total. The fourth-order valence-electron chi connectivity index (χ4n) is 1.81. The van der Waals surface area contributed by atoms with Crippen molar-refractivity contribution in [2.45, 2.75) is 39.9 Å². The molecule has 2 aromatic heterocycles.